The molecule has 0 heterocycles. The van der Waals surface area contributed by atoms with Crippen LogP contribution in [0.1, 0.15) is 0 Å². The minimum absolute atomic E-state index is 0. The maximum atomic E-state index is 9.69. The minimum atomic E-state index is -3.65. The molecule has 0 radical (unpaired) electrons. The van der Waals surface area contributed by atoms with Gasteiger partial charge in [0.1, 0.15) is 0 Å². The maximum absolute atomic E-state index is 9.69. The van der Waals surface area contributed by atoms with E-state index in [2.05, 4.69) is 20.1 Å². The molecule has 0 aromatic heterocycles. The first-order valence-electron chi connectivity index (χ1n) is 2.46. The van der Waals surface area contributed by atoms with Gasteiger partial charge in [0.25, 0.3) is 0 Å². The molecule has 84 valence electrons. The Kier molecular flexibility index (Phi) is 11.0. The molecule has 9 nitrogen and oxygen atoms in total. The standard InChI is InChI=1S/2CH6NO3P.H2O/c2*1-5-6(2,3)4;/h2*1H3,(H3,2,3,4);1H2. The van der Waals surface area contributed by atoms with Crippen LogP contribution in [-0.2, 0) is 18.2 Å². The highest BCUT2D eigenvalue weighted by Crippen LogP contribution is 2.28. The average molecular weight is 240 g/mol. The molecule has 0 aliphatic heterocycles. The Morgan fingerprint density at radius 1 is 1.00 bits per heavy atom. The van der Waals surface area contributed by atoms with Crippen molar-refractivity contribution in [3.63, 3.8) is 0 Å². The molecule has 0 spiro atoms. The van der Waals surface area contributed by atoms with Gasteiger partial charge in [-0.2, -0.15) is 0 Å². The average Bonchev–Trinajstić information content (AvgIpc) is 1.86. The molecule has 0 amide bonds. The largest absolute Gasteiger partial charge is 0.412 e. The molecule has 13 heavy (non-hydrogen) atoms. The summed E-state index contributed by atoms with van der Waals surface area (Å²) in [6.45, 7) is 0. The monoisotopic (exact) mass is 240 g/mol. The van der Waals surface area contributed by atoms with Crippen LogP contribution >= 0.6 is 15.5 Å². The normalized spacial score (nSPS) is 18.3. The molecule has 0 aliphatic carbocycles. The van der Waals surface area contributed by atoms with Crippen molar-refractivity contribution in [3.8, 4) is 0 Å². The molecule has 2 unspecified atom stereocenters. The third kappa shape index (κ3) is 33.0. The lowest BCUT2D eigenvalue weighted by Crippen LogP contribution is -1.92. The van der Waals surface area contributed by atoms with Gasteiger partial charge in [-0.1, -0.05) is 0 Å². The van der Waals surface area contributed by atoms with E-state index in [0.717, 1.165) is 14.2 Å². The fourth-order valence-corrected chi connectivity index (χ4v) is 0. The van der Waals surface area contributed by atoms with E-state index < -0.39 is 15.5 Å². The number of hydrogen-bond donors (Lipinski definition) is 4. The molecule has 0 fully saturated rings. The van der Waals surface area contributed by atoms with E-state index >= 15 is 0 Å². The zero-order valence-electron chi connectivity index (χ0n) is 7.08. The van der Waals surface area contributed by atoms with Crippen molar-refractivity contribution < 1.29 is 33.4 Å². The van der Waals surface area contributed by atoms with E-state index in [0.29, 0.717) is 0 Å². The summed E-state index contributed by atoms with van der Waals surface area (Å²) >= 11 is 0. The van der Waals surface area contributed by atoms with Gasteiger partial charge in [-0.3, -0.25) is 0 Å². The smallest absolute Gasteiger partial charge is 0.399 e. The third-order valence-electron chi connectivity index (χ3n) is 0.523. The van der Waals surface area contributed by atoms with Crippen molar-refractivity contribution in [2.75, 3.05) is 14.2 Å². The molecule has 8 N–H and O–H groups in total. The summed E-state index contributed by atoms with van der Waals surface area (Å²) in [7, 11) is -5.15. The lowest BCUT2D eigenvalue weighted by molar-refractivity contribution is 0.315. The topological polar surface area (TPSA) is 177 Å². The minimum Gasteiger partial charge on any atom is -0.412 e. The fraction of sp³-hybridized carbons (Fsp3) is 1.00. The summed E-state index contributed by atoms with van der Waals surface area (Å²) in [6, 6.07) is 0. The first kappa shape index (κ1) is 18.9. The highest BCUT2D eigenvalue weighted by Gasteiger charge is 2.04. The zero-order chi connectivity index (χ0) is 10.4. The maximum Gasteiger partial charge on any atom is 0.399 e. The van der Waals surface area contributed by atoms with Gasteiger partial charge in [-0.05, 0) is 0 Å². The Bertz CT molecular complexity index is 173. The van der Waals surface area contributed by atoms with Crippen molar-refractivity contribution in [1.82, 2.24) is 0 Å². The van der Waals surface area contributed by atoms with Gasteiger partial charge < -0.3 is 24.3 Å². The summed E-state index contributed by atoms with van der Waals surface area (Å²) in [4.78, 5) is 15.9. The summed E-state index contributed by atoms with van der Waals surface area (Å²) in [5.74, 6) is 0. The van der Waals surface area contributed by atoms with Crippen LogP contribution in [0.3, 0.4) is 0 Å². The zero-order valence-corrected chi connectivity index (χ0v) is 8.87. The van der Waals surface area contributed by atoms with Crippen LogP contribution in [0.5, 0.6) is 0 Å². The van der Waals surface area contributed by atoms with Crippen molar-refractivity contribution in [2.45, 2.75) is 0 Å². The molecule has 0 bridgehead atoms. The van der Waals surface area contributed by atoms with Crippen LogP contribution in [0.4, 0.5) is 0 Å². The summed E-state index contributed by atoms with van der Waals surface area (Å²) in [5, 5.41) is 0. The van der Waals surface area contributed by atoms with Crippen LogP contribution < -0.4 is 11.0 Å². The molecule has 0 aliphatic rings. The second-order valence-corrected chi connectivity index (χ2v) is 4.48. The van der Waals surface area contributed by atoms with Crippen LogP contribution in [-0.4, -0.2) is 29.5 Å². The lowest BCUT2D eigenvalue weighted by atomic mass is 11.8. The Labute approximate surface area is 75.1 Å². The highest BCUT2D eigenvalue weighted by molar-refractivity contribution is 7.50. The van der Waals surface area contributed by atoms with Crippen LogP contribution in [0, 0.1) is 0 Å². The van der Waals surface area contributed by atoms with E-state index in [9.17, 15) is 9.13 Å². The first-order valence-corrected chi connectivity index (χ1v) is 5.76. The van der Waals surface area contributed by atoms with Crippen molar-refractivity contribution in [1.29, 1.82) is 0 Å². The molecular weight excluding hydrogens is 226 g/mol. The summed E-state index contributed by atoms with van der Waals surface area (Å²) < 4.78 is 27.0. The Balaban J connectivity index is -0.000000143. The van der Waals surface area contributed by atoms with Crippen molar-refractivity contribution in [3.05, 3.63) is 0 Å². The predicted octanol–water partition coefficient (Wildman–Crippen LogP) is -1.44. The Morgan fingerprint density at radius 3 is 1.08 bits per heavy atom. The lowest BCUT2D eigenvalue weighted by Gasteiger charge is -1.95. The number of nitrogens with two attached hydrogens (primary N) is 2. The molecule has 0 aromatic carbocycles. The van der Waals surface area contributed by atoms with Gasteiger partial charge in [0, 0.05) is 14.2 Å². The van der Waals surface area contributed by atoms with E-state index in [1.807, 2.05) is 0 Å². The van der Waals surface area contributed by atoms with Crippen molar-refractivity contribution >= 4 is 15.5 Å². The van der Waals surface area contributed by atoms with Gasteiger partial charge in [-0.25, -0.2) is 20.1 Å². The summed E-state index contributed by atoms with van der Waals surface area (Å²) in [5.41, 5.74) is 8.85. The summed E-state index contributed by atoms with van der Waals surface area (Å²) in [6.07, 6.45) is 0. The van der Waals surface area contributed by atoms with Crippen LogP contribution in [0.2, 0.25) is 0 Å². The Hall–Kier alpha value is 0.180. The van der Waals surface area contributed by atoms with E-state index in [1.54, 1.807) is 0 Å². The van der Waals surface area contributed by atoms with Gasteiger partial charge in [-0.15, -0.1) is 0 Å². The molecule has 0 saturated heterocycles. The number of hydrogen-bond acceptors (Lipinski definition) is 4. The Morgan fingerprint density at radius 2 is 1.08 bits per heavy atom. The van der Waals surface area contributed by atoms with Crippen molar-refractivity contribution in [2.24, 2.45) is 11.0 Å². The quantitative estimate of drug-likeness (QED) is 0.423. The molecule has 11 heteroatoms. The fourth-order valence-electron chi connectivity index (χ4n) is 0. The van der Waals surface area contributed by atoms with Gasteiger partial charge >= 0.3 is 15.5 Å². The van der Waals surface area contributed by atoms with E-state index in [1.165, 1.54) is 0 Å². The van der Waals surface area contributed by atoms with Crippen LogP contribution in [0.25, 0.3) is 0 Å². The molecule has 0 saturated carbocycles. The van der Waals surface area contributed by atoms with Gasteiger partial charge in [0.05, 0.1) is 0 Å². The highest BCUT2D eigenvalue weighted by atomic mass is 31.2. The van der Waals surface area contributed by atoms with Crippen LogP contribution in [0.15, 0.2) is 0 Å². The van der Waals surface area contributed by atoms with Gasteiger partial charge in [0.2, 0.25) is 0 Å². The van der Waals surface area contributed by atoms with Gasteiger partial charge in [0.15, 0.2) is 0 Å². The molecule has 0 aromatic rings. The first-order chi connectivity index (χ1) is 5.12. The van der Waals surface area contributed by atoms with E-state index in [4.69, 9.17) is 9.79 Å². The second-order valence-electron chi connectivity index (χ2n) is 1.49. The molecular formula is C2H14N2O7P2. The second kappa shape index (κ2) is 7.57. The van der Waals surface area contributed by atoms with E-state index in [-0.39, 0.29) is 5.48 Å². The predicted molar refractivity (Wildman–Crippen MR) is 45.7 cm³/mol. The SMILES string of the molecule is COP(N)(=O)O.COP(N)(=O)O.O. The number of rotatable bonds is 2. The molecule has 2 atom stereocenters. The third-order valence-corrected chi connectivity index (χ3v) is 1.57. The molecule has 0 rings (SSSR count).